The Balaban J connectivity index is 1.59. The number of allylic oxidation sites excluding steroid dienone is 2. The van der Waals surface area contributed by atoms with Crippen LogP contribution in [0, 0.1) is 11.8 Å². The Morgan fingerprint density at radius 1 is 1.10 bits per heavy atom. The Bertz CT molecular complexity index is 992. The summed E-state index contributed by atoms with van der Waals surface area (Å²) >= 11 is 1.45. The number of carboxylic acids is 1. The summed E-state index contributed by atoms with van der Waals surface area (Å²) in [5.74, 6) is -2.30. The van der Waals surface area contributed by atoms with Gasteiger partial charge in [0.2, 0.25) is 5.91 Å². The number of carboxylic acid groups (broad SMARTS) is 1. The minimum Gasteiger partial charge on any atom is -0.481 e. The fourth-order valence-electron chi connectivity index (χ4n) is 4.32. The Hall–Kier alpha value is -2.87. The number of rotatable bonds is 6. The Labute approximate surface area is 184 Å². The van der Waals surface area contributed by atoms with Gasteiger partial charge >= 0.3 is 5.97 Å². The van der Waals surface area contributed by atoms with E-state index in [0.29, 0.717) is 29.2 Å². The van der Waals surface area contributed by atoms with Crippen LogP contribution in [-0.4, -0.2) is 22.9 Å². The number of carbonyl (C=O) groups is 3. The standard InChI is InChI=1S/C23H26N2O5S/c26-20(15-8-4-5-9-16(15)23(28)29)25-22-19(17-10-2-1-3-11-18(17)31-22)21(27)24-13-14-7-6-12-30-14/h4-7,12,15-16H,1-3,8-11,13H2,(H,24,27)(H,25,26)(H,28,29). The van der Waals surface area contributed by atoms with Crippen molar-refractivity contribution in [2.24, 2.45) is 11.8 Å². The van der Waals surface area contributed by atoms with E-state index >= 15 is 0 Å². The van der Waals surface area contributed by atoms with Gasteiger partial charge in [-0.3, -0.25) is 14.4 Å². The Kier molecular flexibility index (Phi) is 6.56. The van der Waals surface area contributed by atoms with Crippen LogP contribution >= 0.6 is 11.3 Å². The van der Waals surface area contributed by atoms with Crippen molar-refractivity contribution >= 4 is 34.1 Å². The van der Waals surface area contributed by atoms with Crippen molar-refractivity contribution in [2.75, 3.05) is 5.32 Å². The maximum absolute atomic E-state index is 13.1. The van der Waals surface area contributed by atoms with Gasteiger partial charge in [0.1, 0.15) is 10.8 Å². The molecule has 2 amide bonds. The molecule has 2 heterocycles. The summed E-state index contributed by atoms with van der Waals surface area (Å²) in [7, 11) is 0. The van der Waals surface area contributed by atoms with Crippen LogP contribution < -0.4 is 10.6 Å². The van der Waals surface area contributed by atoms with Crippen molar-refractivity contribution in [3.8, 4) is 0 Å². The largest absolute Gasteiger partial charge is 0.481 e. The molecule has 2 atom stereocenters. The third kappa shape index (κ3) is 4.74. The molecule has 31 heavy (non-hydrogen) atoms. The van der Waals surface area contributed by atoms with Crippen LogP contribution in [0.5, 0.6) is 0 Å². The number of aliphatic carboxylic acids is 1. The van der Waals surface area contributed by atoms with Gasteiger partial charge < -0.3 is 20.2 Å². The fraction of sp³-hybridized carbons (Fsp3) is 0.435. The van der Waals surface area contributed by atoms with Gasteiger partial charge in [0.05, 0.1) is 30.2 Å². The molecule has 0 saturated heterocycles. The van der Waals surface area contributed by atoms with E-state index in [0.717, 1.165) is 42.5 Å². The predicted molar refractivity (Wildman–Crippen MR) is 117 cm³/mol. The third-order valence-electron chi connectivity index (χ3n) is 5.97. The van der Waals surface area contributed by atoms with Crippen LogP contribution in [0.2, 0.25) is 0 Å². The second kappa shape index (κ2) is 9.51. The van der Waals surface area contributed by atoms with Crippen LogP contribution in [0.1, 0.15) is 58.7 Å². The maximum Gasteiger partial charge on any atom is 0.307 e. The van der Waals surface area contributed by atoms with Gasteiger partial charge in [-0.15, -0.1) is 11.3 Å². The number of furan rings is 1. The summed E-state index contributed by atoms with van der Waals surface area (Å²) in [6, 6.07) is 3.56. The highest BCUT2D eigenvalue weighted by molar-refractivity contribution is 7.17. The SMILES string of the molecule is O=C(NCc1ccco1)c1c(NC(=O)C2CC=CCC2C(=O)O)sc2c1CCCCC2. The van der Waals surface area contributed by atoms with Crippen molar-refractivity contribution in [3.63, 3.8) is 0 Å². The zero-order valence-electron chi connectivity index (χ0n) is 17.2. The molecule has 2 aliphatic rings. The second-order valence-corrected chi connectivity index (χ2v) is 9.12. The molecule has 2 aromatic heterocycles. The molecule has 4 rings (SSSR count). The molecule has 0 bridgehead atoms. The lowest BCUT2D eigenvalue weighted by Gasteiger charge is -2.24. The number of hydrogen-bond acceptors (Lipinski definition) is 5. The van der Waals surface area contributed by atoms with Gasteiger partial charge in [-0.2, -0.15) is 0 Å². The fourth-order valence-corrected chi connectivity index (χ4v) is 5.61. The first-order valence-corrected chi connectivity index (χ1v) is 11.5. The summed E-state index contributed by atoms with van der Waals surface area (Å²) < 4.78 is 5.30. The molecule has 8 heteroatoms. The molecule has 3 N–H and O–H groups in total. The van der Waals surface area contributed by atoms with E-state index in [1.807, 2.05) is 12.2 Å². The Morgan fingerprint density at radius 3 is 2.61 bits per heavy atom. The molecule has 0 radical (unpaired) electrons. The number of thiophene rings is 1. The molecule has 0 spiro atoms. The van der Waals surface area contributed by atoms with Crippen LogP contribution in [0.3, 0.4) is 0 Å². The first kappa shape index (κ1) is 21.4. The van der Waals surface area contributed by atoms with Gasteiger partial charge in [0.15, 0.2) is 0 Å². The van der Waals surface area contributed by atoms with Crippen molar-refractivity contribution in [1.29, 1.82) is 0 Å². The predicted octanol–water partition coefficient (Wildman–Crippen LogP) is 4.15. The van der Waals surface area contributed by atoms with E-state index in [9.17, 15) is 19.5 Å². The summed E-state index contributed by atoms with van der Waals surface area (Å²) in [6.07, 6.45) is 10.8. The van der Waals surface area contributed by atoms with Crippen LogP contribution in [0.15, 0.2) is 35.0 Å². The highest BCUT2D eigenvalue weighted by Gasteiger charge is 2.35. The molecule has 164 valence electrons. The smallest absolute Gasteiger partial charge is 0.307 e. The number of anilines is 1. The first-order valence-electron chi connectivity index (χ1n) is 10.7. The molecular weight excluding hydrogens is 416 g/mol. The molecule has 0 fully saturated rings. The number of fused-ring (bicyclic) bond motifs is 1. The lowest BCUT2D eigenvalue weighted by Crippen LogP contribution is -2.35. The normalized spacial score (nSPS) is 20.5. The Morgan fingerprint density at radius 2 is 1.87 bits per heavy atom. The number of carbonyl (C=O) groups excluding carboxylic acids is 2. The summed E-state index contributed by atoms with van der Waals surface area (Å²) in [5, 5.41) is 15.8. The van der Waals surface area contributed by atoms with Gasteiger partial charge in [-0.05, 0) is 56.2 Å². The topological polar surface area (TPSA) is 109 Å². The zero-order valence-corrected chi connectivity index (χ0v) is 18.0. The minimum absolute atomic E-state index is 0.246. The molecule has 0 saturated carbocycles. The highest BCUT2D eigenvalue weighted by atomic mass is 32.1. The van der Waals surface area contributed by atoms with Crippen molar-refractivity contribution < 1.29 is 23.9 Å². The second-order valence-electron chi connectivity index (χ2n) is 8.01. The molecule has 2 aliphatic carbocycles. The number of amides is 2. The van der Waals surface area contributed by atoms with E-state index in [1.165, 1.54) is 11.3 Å². The van der Waals surface area contributed by atoms with Gasteiger partial charge in [0, 0.05) is 4.88 Å². The maximum atomic E-state index is 13.1. The summed E-state index contributed by atoms with van der Waals surface area (Å²) in [6.45, 7) is 0.262. The first-order chi connectivity index (χ1) is 15.0. The summed E-state index contributed by atoms with van der Waals surface area (Å²) in [4.78, 5) is 38.9. The number of aryl methyl sites for hydroxylation is 1. The average Bonchev–Trinajstić information content (AvgIpc) is 3.34. The van der Waals surface area contributed by atoms with E-state index in [-0.39, 0.29) is 18.4 Å². The number of nitrogens with one attached hydrogen (secondary N) is 2. The van der Waals surface area contributed by atoms with Gasteiger partial charge in [0.25, 0.3) is 5.91 Å². The van der Waals surface area contributed by atoms with E-state index in [4.69, 9.17) is 4.42 Å². The van der Waals surface area contributed by atoms with E-state index in [2.05, 4.69) is 10.6 Å². The van der Waals surface area contributed by atoms with Gasteiger partial charge in [-0.1, -0.05) is 18.6 Å². The highest BCUT2D eigenvalue weighted by Crippen LogP contribution is 2.38. The lowest BCUT2D eigenvalue weighted by atomic mass is 9.82. The summed E-state index contributed by atoms with van der Waals surface area (Å²) in [5.41, 5.74) is 1.52. The quantitative estimate of drug-likeness (QED) is 0.460. The molecular formula is C23H26N2O5S. The van der Waals surface area contributed by atoms with Gasteiger partial charge in [-0.25, -0.2) is 0 Å². The molecule has 7 nitrogen and oxygen atoms in total. The van der Waals surface area contributed by atoms with Crippen molar-refractivity contribution in [3.05, 3.63) is 52.3 Å². The van der Waals surface area contributed by atoms with E-state index < -0.39 is 17.8 Å². The zero-order chi connectivity index (χ0) is 21.8. The van der Waals surface area contributed by atoms with E-state index in [1.54, 1.807) is 18.4 Å². The number of hydrogen-bond donors (Lipinski definition) is 3. The minimum atomic E-state index is -0.970. The monoisotopic (exact) mass is 442 g/mol. The third-order valence-corrected chi connectivity index (χ3v) is 7.18. The lowest BCUT2D eigenvalue weighted by molar-refractivity contribution is -0.146. The molecule has 0 aliphatic heterocycles. The van der Waals surface area contributed by atoms with Crippen molar-refractivity contribution in [1.82, 2.24) is 5.32 Å². The van der Waals surface area contributed by atoms with Crippen LogP contribution in [0.4, 0.5) is 5.00 Å². The average molecular weight is 443 g/mol. The molecule has 2 aromatic rings. The molecule has 2 unspecified atom stereocenters. The van der Waals surface area contributed by atoms with Crippen LogP contribution in [-0.2, 0) is 29.0 Å². The molecule has 0 aromatic carbocycles. The van der Waals surface area contributed by atoms with Crippen LogP contribution in [0.25, 0.3) is 0 Å². The van der Waals surface area contributed by atoms with Crippen molar-refractivity contribution in [2.45, 2.75) is 51.5 Å².